The van der Waals surface area contributed by atoms with Crippen LogP contribution in [-0.4, -0.2) is 17.1 Å². The summed E-state index contributed by atoms with van der Waals surface area (Å²) in [6.07, 6.45) is -0.178. The number of hydrogen-bond acceptors (Lipinski definition) is 3. The van der Waals surface area contributed by atoms with Gasteiger partial charge < -0.3 is 4.74 Å². The summed E-state index contributed by atoms with van der Waals surface area (Å²) >= 11 is 6.08. The second-order valence-corrected chi connectivity index (χ2v) is 5.02. The highest BCUT2D eigenvalue weighted by molar-refractivity contribution is 6.29. The van der Waals surface area contributed by atoms with Gasteiger partial charge in [0, 0.05) is 18.7 Å². The molecule has 0 amide bonds. The van der Waals surface area contributed by atoms with Crippen molar-refractivity contribution in [3.8, 4) is 11.3 Å². The van der Waals surface area contributed by atoms with Crippen LogP contribution in [0.3, 0.4) is 0 Å². The van der Waals surface area contributed by atoms with Gasteiger partial charge >= 0.3 is 0 Å². The van der Waals surface area contributed by atoms with Crippen LogP contribution >= 0.6 is 11.6 Å². The molecule has 100 valence electrons. The lowest BCUT2D eigenvalue weighted by Crippen LogP contribution is -2.04. The first kappa shape index (κ1) is 14.0. The second kappa shape index (κ2) is 5.68. The van der Waals surface area contributed by atoms with Crippen molar-refractivity contribution >= 4 is 11.6 Å². The molecule has 2 rings (SSSR count). The van der Waals surface area contributed by atoms with Crippen LogP contribution in [0.15, 0.2) is 24.3 Å². The van der Waals surface area contributed by atoms with E-state index in [9.17, 15) is 0 Å². The van der Waals surface area contributed by atoms with Crippen molar-refractivity contribution in [2.45, 2.75) is 26.9 Å². The molecule has 0 aliphatic rings. The molecule has 19 heavy (non-hydrogen) atoms. The van der Waals surface area contributed by atoms with Crippen LogP contribution in [-0.2, 0) is 4.74 Å². The number of aromatic nitrogens is 2. The van der Waals surface area contributed by atoms with Crippen LogP contribution in [0, 0.1) is 13.8 Å². The molecular weight excluding hydrogens is 260 g/mol. The molecule has 3 nitrogen and oxygen atoms in total. The molecule has 0 aliphatic carbocycles. The molecule has 0 aliphatic heterocycles. The van der Waals surface area contributed by atoms with Crippen molar-refractivity contribution in [3.63, 3.8) is 0 Å². The summed E-state index contributed by atoms with van der Waals surface area (Å²) in [5.74, 6) is 0.602. The molecule has 1 aromatic carbocycles. The van der Waals surface area contributed by atoms with Gasteiger partial charge in [-0.1, -0.05) is 35.4 Å². The molecule has 0 N–H and O–H groups in total. The minimum atomic E-state index is -0.178. The van der Waals surface area contributed by atoms with Crippen molar-refractivity contribution in [1.82, 2.24) is 9.97 Å². The third-order valence-corrected chi connectivity index (χ3v) is 3.28. The number of methoxy groups -OCH3 is 1. The van der Waals surface area contributed by atoms with Gasteiger partial charge in [-0.25, -0.2) is 9.97 Å². The lowest BCUT2D eigenvalue weighted by atomic mass is 10.0. The second-order valence-electron chi connectivity index (χ2n) is 4.63. The fraction of sp³-hybridized carbons (Fsp3) is 0.333. The average Bonchev–Trinajstić information content (AvgIpc) is 2.37. The maximum atomic E-state index is 6.08. The van der Waals surface area contributed by atoms with Crippen LogP contribution in [0.5, 0.6) is 0 Å². The number of aryl methyl sites for hydroxylation is 2. The number of halogens is 1. The minimum Gasteiger partial charge on any atom is -0.374 e. The predicted octanol–water partition coefficient (Wildman–Crippen LogP) is 4.12. The predicted molar refractivity (Wildman–Crippen MR) is 77.4 cm³/mol. The molecule has 4 heteroatoms. The molecule has 1 heterocycles. The maximum Gasteiger partial charge on any atom is 0.159 e. The lowest BCUT2D eigenvalue weighted by molar-refractivity contribution is 0.112. The fourth-order valence-corrected chi connectivity index (χ4v) is 2.15. The Bertz CT molecular complexity index is 599. The van der Waals surface area contributed by atoms with Gasteiger partial charge in [-0.2, -0.15) is 0 Å². The van der Waals surface area contributed by atoms with Gasteiger partial charge in [0.25, 0.3) is 0 Å². The number of nitrogens with zero attached hydrogens (tertiary/aromatic N) is 2. The van der Waals surface area contributed by atoms with E-state index < -0.39 is 0 Å². The number of ether oxygens (including phenoxy) is 1. The minimum absolute atomic E-state index is 0.178. The smallest absolute Gasteiger partial charge is 0.159 e. The quantitative estimate of drug-likeness (QED) is 0.791. The van der Waals surface area contributed by atoms with Gasteiger partial charge in [0.15, 0.2) is 5.82 Å². The lowest BCUT2D eigenvalue weighted by Gasteiger charge is -2.12. The standard InChI is InChI=1S/C15H17ClN2O/c1-9-5-6-12(10(2)7-9)13-8-14(16)18-15(17-13)11(3)19-4/h5-8,11H,1-4H3/t11-/m0/s1. The van der Waals surface area contributed by atoms with Crippen LogP contribution in [0.1, 0.15) is 30.0 Å². The fourth-order valence-electron chi connectivity index (χ4n) is 1.96. The Hall–Kier alpha value is -1.45. The highest BCUT2D eigenvalue weighted by Gasteiger charge is 2.12. The summed E-state index contributed by atoms with van der Waals surface area (Å²) < 4.78 is 5.25. The summed E-state index contributed by atoms with van der Waals surface area (Å²) in [6, 6.07) is 8.04. The van der Waals surface area contributed by atoms with Gasteiger partial charge in [0.2, 0.25) is 0 Å². The molecular formula is C15H17ClN2O. The highest BCUT2D eigenvalue weighted by Crippen LogP contribution is 2.26. The summed E-state index contributed by atoms with van der Waals surface area (Å²) in [5.41, 5.74) is 4.30. The third-order valence-electron chi connectivity index (χ3n) is 3.09. The van der Waals surface area contributed by atoms with Gasteiger partial charge in [0.1, 0.15) is 11.3 Å². The van der Waals surface area contributed by atoms with E-state index in [-0.39, 0.29) is 6.10 Å². The van der Waals surface area contributed by atoms with Crippen molar-refractivity contribution in [2.24, 2.45) is 0 Å². The molecule has 0 saturated heterocycles. The third kappa shape index (κ3) is 3.11. The van der Waals surface area contributed by atoms with E-state index in [0.29, 0.717) is 11.0 Å². The number of rotatable bonds is 3. The molecule has 2 aromatic rings. The van der Waals surface area contributed by atoms with E-state index in [1.54, 1.807) is 13.2 Å². The zero-order chi connectivity index (χ0) is 14.0. The first-order chi connectivity index (χ1) is 9.01. The zero-order valence-corrected chi connectivity index (χ0v) is 12.3. The Labute approximate surface area is 118 Å². The largest absolute Gasteiger partial charge is 0.374 e. The molecule has 0 spiro atoms. The van der Waals surface area contributed by atoms with E-state index in [2.05, 4.69) is 42.0 Å². The summed E-state index contributed by atoms with van der Waals surface area (Å²) in [4.78, 5) is 8.75. The Morgan fingerprint density at radius 2 is 1.89 bits per heavy atom. The van der Waals surface area contributed by atoms with E-state index in [0.717, 1.165) is 11.3 Å². The Kier molecular flexibility index (Phi) is 4.17. The average molecular weight is 277 g/mol. The SMILES string of the molecule is CO[C@@H](C)c1nc(Cl)cc(-c2ccc(C)cc2C)n1. The highest BCUT2D eigenvalue weighted by atomic mass is 35.5. The van der Waals surface area contributed by atoms with Crippen molar-refractivity contribution < 1.29 is 4.74 Å². The van der Waals surface area contributed by atoms with Crippen molar-refractivity contribution in [1.29, 1.82) is 0 Å². The monoisotopic (exact) mass is 276 g/mol. The topological polar surface area (TPSA) is 35.0 Å². The first-order valence-corrected chi connectivity index (χ1v) is 6.54. The molecule has 0 radical (unpaired) electrons. The van der Waals surface area contributed by atoms with Gasteiger partial charge in [0.05, 0.1) is 5.69 Å². The Balaban J connectivity index is 2.53. The van der Waals surface area contributed by atoms with Crippen LogP contribution in [0.4, 0.5) is 0 Å². The molecule has 0 unspecified atom stereocenters. The van der Waals surface area contributed by atoms with Crippen LogP contribution < -0.4 is 0 Å². The van der Waals surface area contributed by atoms with Crippen molar-refractivity contribution in [2.75, 3.05) is 7.11 Å². The van der Waals surface area contributed by atoms with Crippen LogP contribution in [0.2, 0.25) is 5.15 Å². The molecule has 1 atom stereocenters. The molecule has 0 fully saturated rings. The number of hydrogen-bond donors (Lipinski definition) is 0. The number of benzene rings is 1. The van der Waals surface area contributed by atoms with Gasteiger partial charge in [-0.3, -0.25) is 0 Å². The first-order valence-electron chi connectivity index (χ1n) is 6.16. The van der Waals surface area contributed by atoms with Gasteiger partial charge in [-0.15, -0.1) is 0 Å². The summed E-state index contributed by atoms with van der Waals surface area (Å²) in [6.45, 7) is 6.04. The zero-order valence-electron chi connectivity index (χ0n) is 11.6. The maximum absolute atomic E-state index is 6.08. The molecule has 0 bridgehead atoms. The van der Waals surface area contributed by atoms with Crippen LogP contribution in [0.25, 0.3) is 11.3 Å². The molecule has 1 aromatic heterocycles. The van der Waals surface area contributed by atoms with E-state index in [1.165, 1.54) is 11.1 Å². The Morgan fingerprint density at radius 1 is 1.16 bits per heavy atom. The van der Waals surface area contributed by atoms with E-state index >= 15 is 0 Å². The summed E-state index contributed by atoms with van der Waals surface area (Å²) in [7, 11) is 1.63. The molecule has 0 saturated carbocycles. The van der Waals surface area contributed by atoms with Gasteiger partial charge in [-0.05, 0) is 26.3 Å². The van der Waals surface area contributed by atoms with Crippen molar-refractivity contribution in [3.05, 3.63) is 46.4 Å². The summed E-state index contributed by atoms with van der Waals surface area (Å²) in [5, 5.41) is 0.434. The van der Waals surface area contributed by atoms with E-state index in [4.69, 9.17) is 16.3 Å². The normalized spacial score (nSPS) is 12.5. The Morgan fingerprint density at radius 3 is 2.53 bits per heavy atom. The van der Waals surface area contributed by atoms with E-state index in [1.807, 2.05) is 6.92 Å².